The molecule has 0 unspecified atom stereocenters. The van der Waals surface area contributed by atoms with E-state index < -0.39 is 0 Å². The van der Waals surface area contributed by atoms with Crippen LogP contribution in [0.3, 0.4) is 0 Å². The van der Waals surface area contributed by atoms with E-state index in [4.69, 9.17) is 22.7 Å². The molecule has 4 nitrogen and oxygen atoms in total. The third-order valence-electron chi connectivity index (χ3n) is 2.10. The van der Waals surface area contributed by atoms with E-state index >= 15 is 0 Å². The maximum atomic E-state index is 5.64. The molecule has 1 aromatic heterocycles. The average molecular weight is 312 g/mol. The first-order valence-corrected chi connectivity index (χ1v) is 6.05. The Morgan fingerprint density at radius 1 is 1.47 bits per heavy atom. The SMILES string of the molecule is Cc1cc(Oc2ccc(Br)cc2C(N)=S)n[nH]1. The monoisotopic (exact) mass is 311 g/mol. The summed E-state index contributed by atoms with van der Waals surface area (Å²) in [6.07, 6.45) is 0. The first-order chi connectivity index (χ1) is 8.06. The van der Waals surface area contributed by atoms with Crippen molar-refractivity contribution in [2.24, 2.45) is 5.73 Å². The zero-order chi connectivity index (χ0) is 12.4. The molecule has 0 saturated heterocycles. The predicted octanol–water partition coefficient (Wildman–Crippen LogP) is 2.91. The number of aromatic nitrogens is 2. The van der Waals surface area contributed by atoms with E-state index in [9.17, 15) is 0 Å². The van der Waals surface area contributed by atoms with Gasteiger partial charge < -0.3 is 10.5 Å². The van der Waals surface area contributed by atoms with Gasteiger partial charge in [-0.25, -0.2) is 0 Å². The summed E-state index contributed by atoms with van der Waals surface area (Å²) in [6.45, 7) is 1.90. The highest BCUT2D eigenvalue weighted by atomic mass is 79.9. The Morgan fingerprint density at radius 3 is 2.82 bits per heavy atom. The Morgan fingerprint density at radius 2 is 2.24 bits per heavy atom. The van der Waals surface area contributed by atoms with Crippen molar-refractivity contribution in [1.29, 1.82) is 0 Å². The Bertz CT molecular complexity index is 568. The van der Waals surface area contributed by atoms with Gasteiger partial charge in [0.05, 0.1) is 5.56 Å². The second kappa shape index (κ2) is 4.85. The zero-order valence-corrected chi connectivity index (χ0v) is 11.4. The van der Waals surface area contributed by atoms with Crippen molar-refractivity contribution in [3.63, 3.8) is 0 Å². The summed E-state index contributed by atoms with van der Waals surface area (Å²) in [5.74, 6) is 1.08. The van der Waals surface area contributed by atoms with Gasteiger partial charge in [0.25, 0.3) is 0 Å². The highest BCUT2D eigenvalue weighted by molar-refractivity contribution is 9.10. The molecule has 0 spiro atoms. The number of aromatic amines is 1. The lowest BCUT2D eigenvalue weighted by Gasteiger charge is -2.08. The fourth-order valence-corrected chi connectivity index (χ4v) is 1.86. The van der Waals surface area contributed by atoms with Crippen molar-refractivity contribution in [1.82, 2.24) is 10.2 Å². The number of benzene rings is 1. The van der Waals surface area contributed by atoms with Crippen LogP contribution in [0.25, 0.3) is 0 Å². The topological polar surface area (TPSA) is 63.9 Å². The van der Waals surface area contributed by atoms with Gasteiger partial charge >= 0.3 is 0 Å². The molecule has 0 bridgehead atoms. The van der Waals surface area contributed by atoms with E-state index in [0.29, 0.717) is 17.2 Å². The number of aryl methyl sites for hydroxylation is 1. The van der Waals surface area contributed by atoms with Gasteiger partial charge in [0.2, 0.25) is 5.88 Å². The van der Waals surface area contributed by atoms with Crippen molar-refractivity contribution in [3.8, 4) is 11.6 Å². The van der Waals surface area contributed by atoms with Crippen LogP contribution in [0.5, 0.6) is 11.6 Å². The van der Waals surface area contributed by atoms with Crippen LogP contribution in [0.15, 0.2) is 28.7 Å². The lowest BCUT2D eigenvalue weighted by Crippen LogP contribution is -2.10. The summed E-state index contributed by atoms with van der Waals surface area (Å²) in [5, 5.41) is 6.79. The van der Waals surface area contributed by atoms with Crippen molar-refractivity contribution in [3.05, 3.63) is 40.0 Å². The zero-order valence-electron chi connectivity index (χ0n) is 9.03. The van der Waals surface area contributed by atoms with Gasteiger partial charge in [-0.1, -0.05) is 28.1 Å². The van der Waals surface area contributed by atoms with Crippen molar-refractivity contribution in [2.45, 2.75) is 6.92 Å². The first kappa shape index (κ1) is 12.1. The normalized spacial score (nSPS) is 10.2. The molecule has 2 aromatic rings. The number of hydrogen-bond acceptors (Lipinski definition) is 3. The van der Waals surface area contributed by atoms with Crippen LogP contribution in [0.2, 0.25) is 0 Å². The van der Waals surface area contributed by atoms with E-state index in [1.165, 1.54) is 0 Å². The quantitative estimate of drug-likeness (QED) is 0.855. The first-order valence-electron chi connectivity index (χ1n) is 4.85. The third kappa shape index (κ3) is 2.83. The van der Waals surface area contributed by atoms with Gasteiger partial charge in [0.15, 0.2) is 0 Å². The van der Waals surface area contributed by atoms with Gasteiger partial charge in [-0.15, -0.1) is 5.10 Å². The Balaban J connectivity index is 2.35. The van der Waals surface area contributed by atoms with Gasteiger partial charge in [0, 0.05) is 16.2 Å². The number of ether oxygens (including phenoxy) is 1. The van der Waals surface area contributed by atoms with E-state index in [1.54, 1.807) is 12.1 Å². The van der Waals surface area contributed by atoms with Gasteiger partial charge in [-0.3, -0.25) is 5.10 Å². The molecule has 0 aliphatic heterocycles. The van der Waals surface area contributed by atoms with Crippen molar-refractivity contribution in [2.75, 3.05) is 0 Å². The van der Waals surface area contributed by atoms with E-state index in [2.05, 4.69) is 26.1 Å². The average Bonchev–Trinajstić information content (AvgIpc) is 2.66. The smallest absolute Gasteiger partial charge is 0.238 e. The number of halogens is 1. The summed E-state index contributed by atoms with van der Waals surface area (Å²) in [4.78, 5) is 0.286. The molecular weight excluding hydrogens is 302 g/mol. The largest absolute Gasteiger partial charge is 0.437 e. The van der Waals surface area contributed by atoms with Crippen LogP contribution in [0, 0.1) is 6.92 Å². The number of rotatable bonds is 3. The number of nitrogens with two attached hydrogens (primary N) is 1. The predicted molar refractivity (Wildman–Crippen MR) is 73.4 cm³/mol. The van der Waals surface area contributed by atoms with E-state index in [1.807, 2.05) is 19.1 Å². The molecule has 0 aliphatic rings. The molecule has 3 N–H and O–H groups in total. The second-order valence-corrected chi connectivity index (χ2v) is 4.85. The minimum atomic E-state index is 0.286. The van der Waals surface area contributed by atoms with Gasteiger partial charge in [-0.05, 0) is 25.1 Å². The molecule has 0 atom stereocenters. The Hall–Kier alpha value is -1.40. The van der Waals surface area contributed by atoms with Crippen LogP contribution >= 0.6 is 28.1 Å². The number of nitrogens with zero attached hydrogens (tertiary/aromatic N) is 1. The van der Waals surface area contributed by atoms with Crippen LogP contribution < -0.4 is 10.5 Å². The summed E-state index contributed by atoms with van der Waals surface area (Å²) in [6, 6.07) is 7.27. The number of thiocarbonyl (C=S) groups is 1. The highest BCUT2D eigenvalue weighted by Crippen LogP contribution is 2.27. The molecule has 88 valence electrons. The molecule has 2 rings (SSSR count). The van der Waals surface area contributed by atoms with Crippen LogP contribution in [-0.4, -0.2) is 15.2 Å². The minimum absolute atomic E-state index is 0.286. The Kier molecular flexibility index (Phi) is 3.44. The van der Waals surface area contributed by atoms with Gasteiger partial charge in [0.1, 0.15) is 10.7 Å². The maximum Gasteiger partial charge on any atom is 0.238 e. The van der Waals surface area contributed by atoms with Crippen molar-refractivity contribution >= 4 is 33.1 Å². The summed E-state index contributed by atoms with van der Waals surface area (Å²) in [5.41, 5.74) is 7.25. The van der Waals surface area contributed by atoms with Crippen molar-refractivity contribution < 1.29 is 4.74 Å². The number of hydrogen-bond donors (Lipinski definition) is 2. The lowest BCUT2D eigenvalue weighted by molar-refractivity contribution is 0.460. The highest BCUT2D eigenvalue weighted by Gasteiger charge is 2.09. The summed E-state index contributed by atoms with van der Waals surface area (Å²) >= 11 is 8.34. The third-order valence-corrected chi connectivity index (χ3v) is 2.82. The molecular formula is C11H10BrN3OS. The lowest BCUT2D eigenvalue weighted by atomic mass is 10.2. The molecule has 6 heteroatoms. The maximum absolute atomic E-state index is 5.64. The molecule has 0 amide bonds. The van der Waals surface area contributed by atoms with Crippen LogP contribution in [0.1, 0.15) is 11.3 Å². The fraction of sp³-hybridized carbons (Fsp3) is 0.0909. The van der Waals surface area contributed by atoms with Gasteiger partial charge in [-0.2, -0.15) is 0 Å². The second-order valence-electron chi connectivity index (χ2n) is 3.50. The fourth-order valence-electron chi connectivity index (χ4n) is 1.34. The number of nitrogens with one attached hydrogen (secondary N) is 1. The van der Waals surface area contributed by atoms with E-state index in [0.717, 1.165) is 10.2 Å². The Labute approximate surface area is 112 Å². The summed E-state index contributed by atoms with van der Waals surface area (Å²) in [7, 11) is 0. The standard InChI is InChI=1S/C11H10BrN3OS/c1-6-4-10(15-14-6)16-9-3-2-7(12)5-8(9)11(13)17/h2-5H,1H3,(H2,13,17)(H,14,15). The molecule has 0 saturated carbocycles. The molecule has 0 fully saturated rings. The van der Waals surface area contributed by atoms with E-state index in [-0.39, 0.29) is 4.99 Å². The number of H-pyrrole nitrogens is 1. The molecule has 0 radical (unpaired) electrons. The summed E-state index contributed by atoms with van der Waals surface area (Å²) < 4.78 is 6.51. The molecule has 0 aliphatic carbocycles. The molecule has 1 aromatic carbocycles. The van der Waals surface area contributed by atoms with Crippen LogP contribution in [-0.2, 0) is 0 Å². The minimum Gasteiger partial charge on any atom is -0.437 e. The molecule has 1 heterocycles. The van der Waals surface area contributed by atoms with Crippen LogP contribution in [0.4, 0.5) is 0 Å². The molecule has 17 heavy (non-hydrogen) atoms.